The number of thiocarbonyl (C=S) groups is 1. The summed E-state index contributed by atoms with van der Waals surface area (Å²) in [5, 5.41) is 10.0. The molecule has 6 nitrogen and oxygen atoms in total. The van der Waals surface area contributed by atoms with Crippen LogP contribution in [-0.2, 0) is 11.4 Å². The van der Waals surface area contributed by atoms with Gasteiger partial charge < -0.3 is 14.4 Å². The zero-order chi connectivity index (χ0) is 21.8. The van der Waals surface area contributed by atoms with Crippen LogP contribution in [0.15, 0.2) is 42.1 Å². The Bertz CT molecular complexity index is 1080. The van der Waals surface area contributed by atoms with Gasteiger partial charge in [-0.05, 0) is 49.0 Å². The maximum Gasteiger partial charge on any atom is 0.276 e. The van der Waals surface area contributed by atoms with E-state index in [1.807, 2.05) is 19.1 Å². The molecular weight excluding hydrogens is 422 g/mol. The second kappa shape index (κ2) is 9.16. The minimum absolute atomic E-state index is 0.171. The number of likely N-dealkylation sites (N-methyl/N-ethyl adjacent to an activating group) is 2. The molecule has 0 spiro atoms. The van der Waals surface area contributed by atoms with Gasteiger partial charge in [-0.3, -0.25) is 9.69 Å². The van der Waals surface area contributed by atoms with Crippen LogP contribution >= 0.6 is 23.8 Å². The largest absolute Gasteiger partial charge is 0.490 e. The first kappa shape index (κ1) is 21.6. The summed E-state index contributed by atoms with van der Waals surface area (Å²) in [6, 6.07) is 12.8. The number of nitriles is 1. The summed E-state index contributed by atoms with van der Waals surface area (Å²) in [5.74, 6) is 0.646. The lowest BCUT2D eigenvalue weighted by molar-refractivity contribution is -0.121. The Labute approximate surface area is 185 Å². The summed E-state index contributed by atoms with van der Waals surface area (Å²) in [7, 11) is 3.38. The van der Waals surface area contributed by atoms with Crippen molar-refractivity contribution in [3.05, 3.63) is 63.8 Å². The molecule has 0 aliphatic carbocycles. The third-order valence-electron chi connectivity index (χ3n) is 4.60. The van der Waals surface area contributed by atoms with Crippen molar-refractivity contribution in [2.75, 3.05) is 20.7 Å². The number of hydrogen-bond acceptors (Lipinski definition) is 5. The van der Waals surface area contributed by atoms with Crippen molar-refractivity contribution in [3.63, 3.8) is 0 Å². The van der Waals surface area contributed by atoms with Crippen LogP contribution in [0.1, 0.15) is 23.6 Å². The van der Waals surface area contributed by atoms with Gasteiger partial charge >= 0.3 is 0 Å². The van der Waals surface area contributed by atoms with E-state index >= 15 is 0 Å². The first-order valence-electron chi connectivity index (χ1n) is 9.22. The van der Waals surface area contributed by atoms with Crippen molar-refractivity contribution in [1.29, 1.82) is 5.26 Å². The maximum atomic E-state index is 12.4. The Balaban J connectivity index is 1.93. The molecule has 0 aromatic heterocycles. The van der Waals surface area contributed by atoms with Gasteiger partial charge in [0.2, 0.25) is 0 Å². The zero-order valence-electron chi connectivity index (χ0n) is 16.8. The van der Waals surface area contributed by atoms with Gasteiger partial charge in [0.05, 0.1) is 23.3 Å². The lowest BCUT2D eigenvalue weighted by Crippen LogP contribution is -2.26. The van der Waals surface area contributed by atoms with Gasteiger partial charge in [-0.25, -0.2) is 0 Å². The molecule has 1 heterocycles. The van der Waals surface area contributed by atoms with Crippen LogP contribution in [-0.4, -0.2) is 41.5 Å². The molecule has 0 N–H and O–H groups in total. The maximum absolute atomic E-state index is 12.4. The molecule has 154 valence electrons. The molecule has 2 aromatic rings. The van der Waals surface area contributed by atoms with E-state index in [1.54, 1.807) is 49.3 Å². The van der Waals surface area contributed by atoms with Gasteiger partial charge in [0.1, 0.15) is 12.3 Å². The number of benzene rings is 2. The second-order valence-electron chi connectivity index (χ2n) is 6.56. The minimum atomic E-state index is -0.190. The summed E-state index contributed by atoms with van der Waals surface area (Å²) < 4.78 is 11.6. The number of nitrogens with zero attached hydrogens (tertiary/aromatic N) is 3. The van der Waals surface area contributed by atoms with Gasteiger partial charge in [-0.1, -0.05) is 29.8 Å². The van der Waals surface area contributed by atoms with Crippen molar-refractivity contribution < 1.29 is 14.3 Å². The van der Waals surface area contributed by atoms with Crippen LogP contribution in [0.25, 0.3) is 6.08 Å². The van der Waals surface area contributed by atoms with Crippen LogP contribution in [0.2, 0.25) is 5.02 Å². The number of halogens is 1. The van der Waals surface area contributed by atoms with Crippen molar-refractivity contribution >= 4 is 40.9 Å². The van der Waals surface area contributed by atoms with E-state index in [0.717, 1.165) is 5.56 Å². The summed E-state index contributed by atoms with van der Waals surface area (Å²) in [6.45, 7) is 2.44. The molecule has 30 heavy (non-hydrogen) atoms. The molecule has 1 aliphatic rings. The molecule has 8 heteroatoms. The number of hydrogen-bond donors (Lipinski definition) is 0. The fraction of sp³-hybridized carbons (Fsp3) is 0.227. The highest BCUT2D eigenvalue weighted by Crippen LogP contribution is 2.38. The standard InChI is InChI=1S/C22H20ClN3O3S/c1-4-28-19-11-14(10-18-21(27)26(3)22(30)25(18)2)9-17(23)20(19)29-13-16-8-6-5-7-15(16)12-24/h5-11H,4,13H2,1-3H3/b18-10-. The van der Waals surface area contributed by atoms with E-state index in [9.17, 15) is 10.1 Å². The molecule has 0 radical (unpaired) electrons. The molecule has 0 saturated carbocycles. The normalized spacial score (nSPS) is 15.0. The van der Waals surface area contributed by atoms with Crippen LogP contribution < -0.4 is 9.47 Å². The summed E-state index contributed by atoms with van der Waals surface area (Å²) in [5.41, 5.74) is 2.41. The van der Waals surface area contributed by atoms with Crippen LogP contribution in [0.4, 0.5) is 0 Å². The highest BCUT2D eigenvalue weighted by Gasteiger charge is 2.32. The number of rotatable bonds is 6. The third-order valence-corrected chi connectivity index (χ3v) is 5.43. The molecule has 3 rings (SSSR count). The summed E-state index contributed by atoms with van der Waals surface area (Å²) >= 11 is 11.7. The number of carbonyl (C=O) groups is 1. The highest BCUT2D eigenvalue weighted by atomic mass is 35.5. The molecule has 0 unspecified atom stereocenters. The van der Waals surface area contributed by atoms with Crippen LogP contribution in [0.5, 0.6) is 11.5 Å². The van der Waals surface area contributed by atoms with Gasteiger partial charge in [-0.15, -0.1) is 0 Å². The number of ether oxygens (including phenoxy) is 2. The molecule has 2 aromatic carbocycles. The van der Waals surface area contributed by atoms with E-state index in [-0.39, 0.29) is 12.5 Å². The Morgan fingerprint density at radius 2 is 1.93 bits per heavy atom. The van der Waals surface area contributed by atoms with Crippen molar-refractivity contribution in [2.45, 2.75) is 13.5 Å². The monoisotopic (exact) mass is 441 g/mol. The average Bonchev–Trinajstić information content (AvgIpc) is 2.91. The van der Waals surface area contributed by atoms with Gasteiger partial charge in [0.25, 0.3) is 5.91 Å². The molecule has 1 fully saturated rings. The number of carbonyl (C=O) groups excluding carboxylic acids is 1. The Morgan fingerprint density at radius 1 is 1.20 bits per heavy atom. The Kier molecular flexibility index (Phi) is 6.60. The second-order valence-corrected chi connectivity index (χ2v) is 7.33. The van der Waals surface area contributed by atoms with Crippen molar-refractivity contribution in [1.82, 2.24) is 9.80 Å². The fourth-order valence-electron chi connectivity index (χ4n) is 3.03. The van der Waals surface area contributed by atoms with E-state index in [4.69, 9.17) is 33.3 Å². The molecule has 0 bridgehead atoms. The first-order chi connectivity index (χ1) is 14.4. The van der Waals surface area contributed by atoms with Crippen LogP contribution in [0.3, 0.4) is 0 Å². The average molecular weight is 442 g/mol. The molecular formula is C22H20ClN3O3S. The lowest BCUT2D eigenvalue weighted by Gasteiger charge is -2.15. The quantitative estimate of drug-likeness (QED) is 0.494. The van der Waals surface area contributed by atoms with Crippen LogP contribution in [0, 0.1) is 11.3 Å². The van der Waals surface area contributed by atoms with Crippen molar-refractivity contribution in [3.8, 4) is 17.6 Å². The van der Waals surface area contributed by atoms with E-state index in [1.165, 1.54) is 4.90 Å². The summed E-state index contributed by atoms with van der Waals surface area (Å²) in [6.07, 6.45) is 1.71. The first-order valence-corrected chi connectivity index (χ1v) is 10.0. The number of amides is 1. The summed E-state index contributed by atoms with van der Waals surface area (Å²) in [4.78, 5) is 15.5. The third kappa shape index (κ3) is 4.25. The fourth-order valence-corrected chi connectivity index (χ4v) is 3.48. The van der Waals surface area contributed by atoms with E-state index < -0.39 is 0 Å². The molecule has 0 atom stereocenters. The SMILES string of the molecule is CCOc1cc(/C=C2/C(=O)N(C)C(=S)N2C)cc(Cl)c1OCc1ccccc1C#N. The van der Waals surface area contributed by atoms with Gasteiger partial charge in [0, 0.05) is 19.7 Å². The predicted octanol–water partition coefficient (Wildman–Crippen LogP) is 4.22. The smallest absolute Gasteiger partial charge is 0.276 e. The Hall–Kier alpha value is -3.08. The molecule has 1 saturated heterocycles. The van der Waals surface area contributed by atoms with Gasteiger partial charge in [0.15, 0.2) is 16.6 Å². The van der Waals surface area contributed by atoms with E-state index in [0.29, 0.717) is 45.1 Å². The van der Waals surface area contributed by atoms with E-state index in [2.05, 4.69) is 6.07 Å². The van der Waals surface area contributed by atoms with Crippen molar-refractivity contribution in [2.24, 2.45) is 0 Å². The van der Waals surface area contributed by atoms with Gasteiger partial charge in [-0.2, -0.15) is 5.26 Å². The highest BCUT2D eigenvalue weighted by molar-refractivity contribution is 7.80. The molecule has 1 amide bonds. The zero-order valence-corrected chi connectivity index (χ0v) is 18.4. The molecule has 1 aliphatic heterocycles. The topological polar surface area (TPSA) is 65.8 Å². The lowest BCUT2D eigenvalue weighted by atomic mass is 10.1. The minimum Gasteiger partial charge on any atom is -0.490 e. The Morgan fingerprint density at radius 3 is 2.57 bits per heavy atom. The predicted molar refractivity (Wildman–Crippen MR) is 119 cm³/mol.